The number of hydrogen-bond donors (Lipinski definition) is 1. The molecule has 196 valence electrons. The summed E-state index contributed by atoms with van der Waals surface area (Å²) in [6, 6.07) is 13.5. The van der Waals surface area contributed by atoms with Gasteiger partial charge in [-0.05, 0) is 49.4 Å². The molecule has 0 aromatic heterocycles. The Kier molecular flexibility index (Phi) is 9.79. The largest absolute Gasteiger partial charge is 0.352 e. The van der Waals surface area contributed by atoms with Crippen LogP contribution in [0, 0.1) is 6.92 Å². The first-order valence-corrected chi connectivity index (χ1v) is 14.7. The first-order chi connectivity index (χ1) is 17.1. The minimum atomic E-state index is -3.77. The van der Waals surface area contributed by atoms with Gasteiger partial charge in [-0.25, -0.2) is 8.42 Å². The van der Waals surface area contributed by atoms with Crippen LogP contribution in [0.15, 0.2) is 48.5 Å². The number of sulfonamides is 1. The van der Waals surface area contributed by atoms with Gasteiger partial charge in [0, 0.05) is 17.6 Å². The van der Waals surface area contributed by atoms with Crippen LogP contribution in [0.1, 0.15) is 56.6 Å². The fourth-order valence-corrected chi connectivity index (χ4v) is 5.81. The van der Waals surface area contributed by atoms with Crippen LogP contribution in [-0.2, 0) is 26.2 Å². The van der Waals surface area contributed by atoms with E-state index >= 15 is 0 Å². The summed E-state index contributed by atoms with van der Waals surface area (Å²) in [5, 5.41) is 3.62. The second kappa shape index (κ2) is 12.6. The van der Waals surface area contributed by atoms with E-state index in [1.807, 2.05) is 25.1 Å². The maximum atomic E-state index is 13.8. The normalized spacial score (nSPS) is 15.2. The lowest BCUT2D eigenvalue weighted by molar-refractivity contribution is -0.140. The Labute approximate surface area is 219 Å². The van der Waals surface area contributed by atoms with Gasteiger partial charge in [-0.15, -0.1) is 0 Å². The summed E-state index contributed by atoms with van der Waals surface area (Å²) in [6.07, 6.45) is 6.64. The molecule has 2 aromatic carbocycles. The third kappa shape index (κ3) is 7.23. The molecule has 1 saturated carbocycles. The van der Waals surface area contributed by atoms with Crippen molar-refractivity contribution in [3.8, 4) is 0 Å². The first kappa shape index (κ1) is 28.0. The minimum Gasteiger partial charge on any atom is -0.352 e. The van der Waals surface area contributed by atoms with E-state index in [1.54, 1.807) is 37.3 Å². The van der Waals surface area contributed by atoms with Gasteiger partial charge in [0.2, 0.25) is 21.8 Å². The van der Waals surface area contributed by atoms with E-state index in [4.69, 9.17) is 11.6 Å². The summed E-state index contributed by atoms with van der Waals surface area (Å²) >= 11 is 6.41. The summed E-state index contributed by atoms with van der Waals surface area (Å²) in [6.45, 7) is 3.33. The van der Waals surface area contributed by atoms with Gasteiger partial charge in [0.15, 0.2) is 0 Å². The standard InChI is InChI=1S/C27H36ClN3O4S/c1-4-24(27(33)29-22-14-6-5-7-15-22)30(18-21-13-9-10-16-23(21)28)26(32)19-31(36(3,34)35)25-17-11-8-12-20(25)2/h8-13,16-17,22,24H,4-7,14-15,18-19H2,1-3H3,(H,29,33)/t24-/m1/s1. The number of carbonyl (C=O) groups excluding carboxylic acids is 2. The van der Waals surface area contributed by atoms with Gasteiger partial charge in [-0.2, -0.15) is 0 Å². The highest BCUT2D eigenvalue weighted by atomic mass is 35.5. The molecule has 1 atom stereocenters. The summed E-state index contributed by atoms with van der Waals surface area (Å²) in [5.74, 6) is -0.680. The molecule has 36 heavy (non-hydrogen) atoms. The zero-order chi connectivity index (χ0) is 26.3. The molecule has 9 heteroatoms. The van der Waals surface area contributed by atoms with E-state index in [1.165, 1.54) is 11.3 Å². The van der Waals surface area contributed by atoms with Crippen LogP contribution < -0.4 is 9.62 Å². The highest BCUT2D eigenvalue weighted by molar-refractivity contribution is 7.92. The lowest BCUT2D eigenvalue weighted by Crippen LogP contribution is -2.54. The van der Waals surface area contributed by atoms with Crippen molar-refractivity contribution in [3.05, 3.63) is 64.7 Å². The van der Waals surface area contributed by atoms with Gasteiger partial charge in [-0.3, -0.25) is 13.9 Å². The lowest BCUT2D eigenvalue weighted by atomic mass is 9.95. The number of para-hydroxylation sites is 1. The van der Waals surface area contributed by atoms with Crippen molar-refractivity contribution in [1.29, 1.82) is 0 Å². The van der Waals surface area contributed by atoms with Gasteiger partial charge in [-0.1, -0.05) is 74.2 Å². The molecular formula is C27H36ClN3O4S. The van der Waals surface area contributed by atoms with E-state index in [0.29, 0.717) is 22.7 Å². The highest BCUT2D eigenvalue weighted by Gasteiger charge is 2.33. The van der Waals surface area contributed by atoms with Gasteiger partial charge >= 0.3 is 0 Å². The Bertz CT molecular complexity index is 1170. The third-order valence-electron chi connectivity index (χ3n) is 6.70. The number of aryl methyl sites for hydroxylation is 1. The molecule has 3 rings (SSSR count). The van der Waals surface area contributed by atoms with Crippen molar-refractivity contribution in [1.82, 2.24) is 10.2 Å². The van der Waals surface area contributed by atoms with Crippen molar-refractivity contribution in [2.24, 2.45) is 0 Å². The molecule has 0 spiro atoms. The number of benzene rings is 2. The summed E-state index contributed by atoms with van der Waals surface area (Å²) in [7, 11) is -3.77. The number of anilines is 1. The van der Waals surface area contributed by atoms with Crippen molar-refractivity contribution in [2.75, 3.05) is 17.1 Å². The number of rotatable bonds is 10. The van der Waals surface area contributed by atoms with Gasteiger partial charge in [0.25, 0.3) is 0 Å². The van der Waals surface area contributed by atoms with E-state index in [2.05, 4.69) is 5.32 Å². The monoisotopic (exact) mass is 533 g/mol. The number of halogens is 1. The van der Waals surface area contributed by atoms with Crippen molar-refractivity contribution < 1.29 is 18.0 Å². The van der Waals surface area contributed by atoms with E-state index in [9.17, 15) is 18.0 Å². The number of amides is 2. The molecule has 1 N–H and O–H groups in total. The quantitative estimate of drug-likeness (QED) is 0.481. The smallest absolute Gasteiger partial charge is 0.244 e. The van der Waals surface area contributed by atoms with Crippen LogP contribution in [-0.4, -0.2) is 50.0 Å². The van der Waals surface area contributed by atoms with Crippen molar-refractivity contribution >= 4 is 39.1 Å². The van der Waals surface area contributed by atoms with Crippen LogP contribution in [0.3, 0.4) is 0 Å². The van der Waals surface area contributed by atoms with Crippen molar-refractivity contribution in [2.45, 2.75) is 71.0 Å². The Hall–Kier alpha value is -2.58. The number of nitrogens with zero attached hydrogens (tertiary/aromatic N) is 2. The van der Waals surface area contributed by atoms with Crippen molar-refractivity contribution in [3.63, 3.8) is 0 Å². The fraction of sp³-hybridized carbons (Fsp3) is 0.481. The topological polar surface area (TPSA) is 86.8 Å². The number of carbonyl (C=O) groups is 2. The average molecular weight is 534 g/mol. The predicted molar refractivity (Wildman–Crippen MR) is 144 cm³/mol. The molecule has 2 aromatic rings. The molecule has 0 radical (unpaired) electrons. The van der Waals surface area contributed by atoms with E-state index in [-0.39, 0.29) is 18.5 Å². The van der Waals surface area contributed by atoms with Crippen LogP contribution in [0.4, 0.5) is 5.69 Å². The third-order valence-corrected chi connectivity index (χ3v) is 8.19. The molecule has 0 heterocycles. The maximum Gasteiger partial charge on any atom is 0.244 e. The fourth-order valence-electron chi connectivity index (χ4n) is 4.71. The minimum absolute atomic E-state index is 0.0945. The Morgan fingerprint density at radius 1 is 1.06 bits per heavy atom. The number of hydrogen-bond acceptors (Lipinski definition) is 4. The van der Waals surface area contributed by atoms with Crippen LogP contribution in [0.5, 0.6) is 0 Å². The van der Waals surface area contributed by atoms with E-state index in [0.717, 1.165) is 41.8 Å². The zero-order valence-electron chi connectivity index (χ0n) is 21.2. The molecule has 2 amide bonds. The average Bonchev–Trinajstić information content (AvgIpc) is 2.84. The molecule has 0 bridgehead atoms. The lowest BCUT2D eigenvalue weighted by Gasteiger charge is -2.34. The molecule has 1 aliphatic carbocycles. The summed E-state index contributed by atoms with van der Waals surface area (Å²) in [5.41, 5.74) is 1.86. The van der Waals surface area contributed by atoms with Crippen LogP contribution in [0.25, 0.3) is 0 Å². The SMILES string of the molecule is CC[C@H](C(=O)NC1CCCCC1)N(Cc1ccccc1Cl)C(=O)CN(c1ccccc1C)S(C)(=O)=O. The summed E-state index contributed by atoms with van der Waals surface area (Å²) in [4.78, 5) is 28.7. The summed E-state index contributed by atoms with van der Waals surface area (Å²) < 4.78 is 26.6. The molecule has 0 saturated heterocycles. The second-order valence-corrected chi connectivity index (χ2v) is 11.8. The van der Waals surface area contributed by atoms with Gasteiger partial charge in [0.1, 0.15) is 12.6 Å². The predicted octanol–water partition coefficient (Wildman–Crippen LogP) is 4.67. The highest BCUT2D eigenvalue weighted by Crippen LogP contribution is 2.25. The first-order valence-electron chi connectivity index (χ1n) is 12.5. The maximum absolute atomic E-state index is 13.8. The second-order valence-electron chi connectivity index (χ2n) is 9.44. The zero-order valence-corrected chi connectivity index (χ0v) is 22.8. The van der Waals surface area contributed by atoms with E-state index < -0.39 is 28.5 Å². The molecule has 0 unspecified atom stereocenters. The molecule has 7 nitrogen and oxygen atoms in total. The Balaban J connectivity index is 1.93. The Morgan fingerprint density at radius 3 is 2.31 bits per heavy atom. The Morgan fingerprint density at radius 2 is 1.69 bits per heavy atom. The molecular weight excluding hydrogens is 498 g/mol. The molecule has 1 aliphatic rings. The van der Waals surface area contributed by atoms with Crippen LogP contribution in [0.2, 0.25) is 5.02 Å². The number of nitrogens with one attached hydrogen (secondary N) is 1. The van der Waals surface area contributed by atoms with Gasteiger partial charge < -0.3 is 10.2 Å². The van der Waals surface area contributed by atoms with Gasteiger partial charge in [0.05, 0.1) is 11.9 Å². The molecule has 0 aliphatic heterocycles. The van der Waals surface area contributed by atoms with Crippen LogP contribution >= 0.6 is 11.6 Å². The molecule has 1 fully saturated rings.